The van der Waals surface area contributed by atoms with Crippen molar-refractivity contribution < 1.29 is 39.9 Å². The van der Waals surface area contributed by atoms with Crippen LogP contribution in [0, 0.1) is 0 Å². The number of rotatable bonds is 0. The van der Waals surface area contributed by atoms with Gasteiger partial charge in [-0.2, -0.15) is 35.1 Å². The molecule has 2 aliphatic rings. The summed E-state index contributed by atoms with van der Waals surface area (Å²) in [6, 6.07) is 0. The van der Waals surface area contributed by atoms with E-state index in [0.29, 0.717) is 0 Å². The lowest BCUT2D eigenvalue weighted by Crippen LogP contribution is -2.54. The summed E-state index contributed by atoms with van der Waals surface area (Å²) in [6.45, 7) is 0. The number of hydrogen-bond donors (Lipinski definition) is 0. The summed E-state index contributed by atoms with van der Waals surface area (Å²) >= 11 is 0. The van der Waals surface area contributed by atoms with Crippen LogP contribution in [0.15, 0.2) is 0 Å². The minimum Gasteiger partial charge on any atom is -0.289 e. The van der Waals surface area contributed by atoms with Crippen LogP contribution in [0.3, 0.4) is 0 Å². The highest BCUT2D eigenvalue weighted by atomic mass is 19.4. The molecule has 0 aromatic heterocycles. The van der Waals surface area contributed by atoms with E-state index in [1.807, 2.05) is 0 Å². The van der Waals surface area contributed by atoms with E-state index >= 15 is 0 Å². The van der Waals surface area contributed by atoms with Crippen LogP contribution < -0.4 is 0 Å². The standard InChI is InChI=1S/C5F8O/c6-1(7)2(8,9)4(12)5(13,14-4)3(1,10)11/t4-,5?/m1/s1. The van der Waals surface area contributed by atoms with Gasteiger partial charge in [-0.15, -0.1) is 0 Å². The Kier molecular flexibility index (Phi) is 1.24. The van der Waals surface area contributed by atoms with E-state index in [0.717, 1.165) is 0 Å². The van der Waals surface area contributed by atoms with E-state index < -0.39 is 29.5 Å². The highest BCUT2D eigenvalue weighted by Gasteiger charge is 3.11. The average Bonchev–Trinajstić information content (AvgIpc) is 2.55. The van der Waals surface area contributed by atoms with Crippen molar-refractivity contribution in [3.63, 3.8) is 0 Å². The molecule has 2 atom stereocenters. The first-order valence-electron chi connectivity index (χ1n) is 3.17. The minimum absolute atomic E-state index is 2.78. The molecule has 1 heterocycles. The molecule has 0 aromatic carbocycles. The SMILES string of the molecule is FC1(F)C(F)(F)C2(F)O[C@]2(F)C1(F)F. The maximum absolute atomic E-state index is 12.5. The highest BCUT2D eigenvalue weighted by molar-refractivity contribution is 5.32. The van der Waals surface area contributed by atoms with Gasteiger partial charge in [0.15, 0.2) is 0 Å². The van der Waals surface area contributed by atoms with Crippen LogP contribution in [-0.4, -0.2) is 29.5 Å². The maximum Gasteiger partial charge on any atom is 0.384 e. The van der Waals surface area contributed by atoms with E-state index in [-0.39, 0.29) is 0 Å². The van der Waals surface area contributed by atoms with E-state index in [4.69, 9.17) is 0 Å². The predicted molar refractivity (Wildman–Crippen MR) is 23.6 cm³/mol. The summed E-state index contributed by atoms with van der Waals surface area (Å²) in [5, 5.41) is 0. The van der Waals surface area contributed by atoms with Gasteiger partial charge in [0.05, 0.1) is 0 Å². The summed E-state index contributed by atoms with van der Waals surface area (Å²) in [4.78, 5) is 0. The molecule has 2 rings (SSSR count). The van der Waals surface area contributed by atoms with E-state index in [2.05, 4.69) is 4.74 Å². The van der Waals surface area contributed by atoms with Gasteiger partial charge in [-0.1, -0.05) is 0 Å². The average molecular weight is 228 g/mol. The molecule has 2 fully saturated rings. The Morgan fingerprint density at radius 1 is 0.500 bits per heavy atom. The lowest BCUT2D eigenvalue weighted by Gasteiger charge is -2.26. The summed E-state index contributed by atoms with van der Waals surface area (Å²) in [7, 11) is 0. The van der Waals surface area contributed by atoms with Crippen molar-refractivity contribution in [2.24, 2.45) is 0 Å². The van der Waals surface area contributed by atoms with Gasteiger partial charge in [0.1, 0.15) is 0 Å². The van der Waals surface area contributed by atoms with Gasteiger partial charge in [0.2, 0.25) is 0 Å². The summed E-state index contributed by atoms with van der Waals surface area (Å²) in [5.41, 5.74) is 0. The fraction of sp³-hybridized carbons (Fsp3) is 1.00. The normalized spacial score (nSPS) is 51.4. The van der Waals surface area contributed by atoms with Crippen LogP contribution >= 0.6 is 0 Å². The van der Waals surface area contributed by atoms with Crippen LogP contribution in [0.2, 0.25) is 0 Å². The number of hydrogen-bond acceptors (Lipinski definition) is 1. The molecule has 1 unspecified atom stereocenters. The van der Waals surface area contributed by atoms with Crippen molar-refractivity contribution in [2.45, 2.75) is 29.5 Å². The molecule has 1 saturated carbocycles. The molecule has 1 aliphatic carbocycles. The smallest absolute Gasteiger partial charge is 0.289 e. The molecule has 1 nitrogen and oxygen atoms in total. The second-order valence-corrected chi connectivity index (χ2v) is 3.02. The molecular weight excluding hydrogens is 228 g/mol. The third-order valence-corrected chi connectivity index (χ3v) is 2.25. The number of alkyl halides is 8. The van der Waals surface area contributed by atoms with Crippen molar-refractivity contribution >= 4 is 0 Å². The third kappa shape index (κ3) is 0.526. The van der Waals surface area contributed by atoms with Gasteiger partial charge in [0.25, 0.3) is 0 Å². The Bertz CT molecular complexity index is 274. The number of epoxide rings is 1. The molecule has 0 bridgehead atoms. The van der Waals surface area contributed by atoms with E-state index in [1.165, 1.54) is 0 Å². The van der Waals surface area contributed by atoms with E-state index in [1.54, 1.807) is 0 Å². The first kappa shape index (κ1) is 9.94. The Morgan fingerprint density at radius 2 is 0.786 bits per heavy atom. The third-order valence-electron chi connectivity index (χ3n) is 2.25. The maximum atomic E-state index is 12.5. The Hall–Kier alpha value is -0.600. The van der Waals surface area contributed by atoms with Crippen LogP contribution in [0.1, 0.15) is 0 Å². The van der Waals surface area contributed by atoms with Crippen LogP contribution in [0.5, 0.6) is 0 Å². The summed E-state index contributed by atoms with van der Waals surface area (Å²) in [6.07, 6.45) is 0. The van der Waals surface area contributed by atoms with Crippen molar-refractivity contribution in [3.8, 4) is 0 Å². The lowest BCUT2D eigenvalue weighted by molar-refractivity contribution is -0.339. The van der Waals surface area contributed by atoms with Gasteiger partial charge in [0, 0.05) is 0 Å². The fourth-order valence-electron chi connectivity index (χ4n) is 1.30. The predicted octanol–water partition coefficient (Wildman–Crippen LogP) is 2.27. The molecule has 9 heteroatoms. The quantitative estimate of drug-likeness (QED) is 0.457. The summed E-state index contributed by atoms with van der Waals surface area (Å²) in [5.74, 6) is -27.8. The van der Waals surface area contributed by atoms with E-state index in [9.17, 15) is 35.1 Å². The molecule has 82 valence electrons. The monoisotopic (exact) mass is 228 g/mol. The zero-order chi connectivity index (χ0) is 11.2. The van der Waals surface area contributed by atoms with Crippen LogP contribution in [0.4, 0.5) is 35.1 Å². The summed E-state index contributed by atoms with van der Waals surface area (Å²) < 4.78 is 102. The fourth-order valence-corrected chi connectivity index (χ4v) is 1.30. The Labute approximate surface area is 70.6 Å². The molecule has 0 radical (unpaired) electrons. The molecule has 0 amide bonds. The number of fused-ring (bicyclic) bond motifs is 1. The first-order valence-corrected chi connectivity index (χ1v) is 3.17. The highest BCUT2D eigenvalue weighted by Crippen LogP contribution is 2.78. The Morgan fingerprint density at radius 3 is 0.929 bits per heavy atom. The molecule has 1 aliphatic heterocycles. The largest absolute Gasteiger partial charge is 0.384 e. The van der Waals surface area contributed by atoms with Crippen molar-refractivity contribution in [1.29, 1.82) is 0 Å². The van der Waals surface area contributed by atoms with Crippen molar-refractivity contribution in [3.05, 3.63) is 0 Å². The molecule has 0 spiro atoms. The second-order valence-electron chi connectivity index (χ2n) is 3.02. The second kappa shape index (κ2) is 1.74. The number of ether oxygens (including phenoxy) is 1. The minimum atomic E-state index is -6.11. The molecule has 1 saturated heterocycles. The van der Waals surface area contributed by atoms with Crippen molar-refractivity contribution in [1.82, 2.24) is 0 Å². The van der Waals surface area contributed by atoms with Gasteiger partial charge in [-0.05, 0) is 0 Å². The van der Waals surface area contributed by atoms with Gasteiger partial charge in [-0.25, -0.2) is 0 Å². The van der Waals surface area contributed by atoms with Gasteiger partial charge >= 0.3 is 29.5 Å². The zero-order valence-corrected chi connectivity index (χ0v) is 5.93. The molecule has 0 N–H and O–H groups in total. The van der Waals surface area contributed by atoms with Crippen LogP contribution in [0.25, 0.3) is 0 Å². The van der Waals surface area contributed by atoms with Gasteiger partial charge in [-0.3, -0.25) is 4.74 Å². The topological polar surface area (TPSA) is 12.5 Å². The molecular formula is C5F8O. The first-order chi connectivity index (χ1) is 5.96. The van der Waals surface area contributed by atoms with Crippen molar-refractivity contribution in [2.75, 3.05) is 0 Å². The van der Waals surface area contributed by atoms with Gasteiger partial charge < -0.3 is 0 Å². The molecule has 14 heavy (non-hydrogen) atoms. The molecule has 0 aromatic rings. The zero-order valence-electron chi connectivity index (χ0n) is 5.93. The lowest BCUT2D eigenvalue weighted by atomic mass is 10.1. The Balaban J connectivity index is 2.63. The van der Waals surface area contributed by atoms with Crippen LogP contribution in [-0.2, 0) is 4.74 Å². The number of halogens is 8.